The average molecular weight is 569 g/mol. The van der Waals surface area contributed by atoms with Crippen LogP contribution < -0.4 is 10.1 Å². The fraction of sp³-hybridized carbons (Fsp3) is 0.267. The lowest BCUT2D eigenvalue weighted by molar-refractivity contribution is 0.102. The van der Waals surface area contributed by atoms with Crippen molar-refractivity contribution in [1.29, 1.82) is 0 Å². The van der Waals surface area contributed by atoms with Crippen molar-refractivity contribution < 1.29 is 9.53 Å². The molecular weight excluding hydrogens is 537 g/mol. The van der Waals surface area contributed by atoms with Gasteiger partial charge in [-0.05, 0) is 67.4 Å². The number of carbonyl (C=O) groups is 1. The summed E-state index contributed by atoms with van der Waals surface area (Å²) in [4.78, 5) is 19.9. The Morgan fingerprint density at radius 3 is 2.50 bits per heavy atom. The van der Waals surface area contributed by atoms with E-state index in [9.17, 15) is 4.79 Å². The highest BCUT2D eigenvalue weighted by atomic mass is 35.5. The molecule has 8 heteroatoms. The van der Waals surface area contributed by atoms with E-state index in [1.165, 1.54) is 49.3 Å². The van der Waals surface area contributed by atoms with Crippen LogP contribution in [-0.4, -0.2) is 28.9 Å². The van der Waals surface area contributed by atoms with Crippen LogP contribution in [0.5, 0.6) is 5.75 Å². The van der Waals surface area contributed by atoms with Crippen LogP contribution in [0, 0.1) is 0 Å². The Bertz CT molecular complexity index is 1320. The van der Waals surface area contributed by atoms with Gasteiger partial charge in [-0.15, -0.1) is 23.7 Å². The van der Waals surface area contributed by atoms with Gasteiger partial charge in [0.25, 0.3) is 5.91 Å². The predicted octanol–water partition coefficient (Wildman–Crippen LogP) is 7.63. The number of carbonyl (C=O) groups excluding carboxylic acids is 1. The summed E-state index contributed by atoms with van der Waals surface area (Å²) in [6.45, 7) is 3.77. The van der Waals surface area contributed by atoms with E-state index < -0.39 is 0 Å². The minimum atomic E-state index is -0.210. The number of benzene rings is 3. The molecule has 1 N–H and O–H groups in total. The van der Waals surface area contributed by atoms with Gasteiger partial charge in [0.1, 0.15) is 18.1 Å². The van der Waals surface area contributed by atoms with Gasteiger partial charge in [0.15, 0.2) is 0 Å². The SMILES string of the molecule is Cl.O=C(Nc1ccc(CN2CCCCC2)cc1)c1csc(Cc2cc(Cl)ccc2OCc2ccccc2)n1. The molecule has 2 heterocycles. The predicted molar refractivity (Wildman–Crippen MR) is 158 cm³/mol. The largest absolute Gasteiger partial charge is 0.489 e. The molecule has 0 saturated carbocycles. The highest BCUT2D eigenvalue weighted by Crippen LogP contribution is 2.27. The molecule has 0 bridgehead atoms. The Labute approximate surface area is 239 Å². The van der Waals surface area contributed by atoms with Crippen LogP contribution in [0.4, 0.5) is 5.69 Å². The molecule has 198 valence electrons. The van der Waals surface area contributed by atoms with Crippen LogP contribution in [0.15, 0.2) is 78.2 Å². The number of nitrogens with one attached hydrogen (secondary N) is 1. The minimum absolute atomic E-state index is 0. The van der Waals surface area contributed by atoms with Crippen molar-refractivity contribution in [3.63, 3.8) is 0 Å². The molecule has 1 fully saturated rings. The standard InChI is InChI=1S/C30H30ClN3O2S.ClH/c31-25-11-14-28(36-20-23-7-3-1-4-8-23)24(17-25)18-29-33-27(21-37-29)30(35)32-26-12-9-22(10-13-26)19-34-15-5-2-6-16-34;/h1,3-4,7-14,17,21H,2,5-6,15-16,18-20H2,(H,32,35);1H. The summed E-state index contributed by atoms with van der Waals surface area (Å²) >= 11 is 7.73. The zero-order valence-corrected chi connectivity index (χ0v) is 23.5. The van der Waals surface area contributed by atoms with Gasteiger partial charge in [-0.1, -0.05) is 60.5 Å². The lowest BCUT2D eigenvalue weighted by Crippen LogP contribution is -2.29. The number of aromatic nitrogens is 1. The number of piperidine rings is 1. The maximum Gasteiger partial charge on any atom is 0.275 e. The van der Waals surface area contributed by atoms with E-state index in [-0.39, 0.29) is 18.3 Å². The van der Waals surface area contributed by atoms with Gasteiger partial charge in [0.2, 0.25) is 0 Å². The van der Waals surface area contributed by atoms with E-state index in [4.69, 9.17) is 16.3 Å². The van der Waals surface area contributed by atoms with Crippen molar-refractivity contribution in [2.75, 3.05) is 18.4 Å². The Morgan fingerprint density at radius 1 is 0.974 bits per heavy atom. The molecular formula is C30H31Cl2N3O2S. The van der Waals surface area contributed by atoms with Crippen LogP contribution in [-0.2, 0) is 19.6 Å². The van der Waals surface area contributed by atoms with Crippen molar-refractivity contribution in [2.24, 2.45) is 0 Å². The number of likely N-dealkylation sites (tertiary alicyclic amines) is 1. The number of ether oxygens (including phenoxy) is 1. The Hall–Kier alpha value is -2.90. The first-order valence-electron chi connectivity index (χ1n) is 12.6. The highest BCUT2D eigenvalue weighted by Gasteiger charge is 2.15. The maximum absolute atomic E-state index is 12.8. The van der Waals surface area contributed by atoms with E-state index >= 15 is 0 Å². The van der Waals surface area contributed by atoms with Gasteiger partial charge < -0.3 is 10.1 Å². The van der Waals surface area contributed by atoms with Gasteiger partial charge in [0, 0.05) is 34.6 Å². The molecule has 38 heavy (non-hydrogen) atoms. The summed E-state index contributed by atoms with van der Waals surface area (Å²) in [6, 6.07) is 23.8. The Morgan fingerprint density at radius 2 is 1.74 bits per heavy atom. The van der Waals surface area contributed by atoms with Crippen molar-refractivity contribution >= 4 is 46.9 Å². The van der Waals surface area contributed by atoms with Crippen LogP contribution in [0.2, 0.25) is 5.02 Å². The third kappa shape index (κ3) is 7.81. The second-order valence-electron chi connectivity index (χ2n) is 9.32. The first-order valence-corrected chi connectivity index (χ1v) is 13.9. The first-order chi connectivity index (χ1) is 18.1. The third-order valence-corrected chi connectivity index (χ3v) is 7.54. The van der Waals surface area contributed by atoms with E-state index in [1.54, 1.807) is 5.38 Å². The van der Waals surface area contributed by atoms with Gasteiger partial charge in [-0.3, -0.25) is 9.69 Å². The number of amides is 1. The monoisotopic (exact) mass is 567 g/mol. The minimum Gasteiger partial charge on any atom is -0.489 e. The second kappa shape index (κ2) is 13.8. The molecule has 0 spiro atoms. The average Bonchev–Trinajstić information content (AvgIpc) is 3.39. The normalized spacial score (nSPS) is 13.5. The van der Waals surface area contributed by atoms with Crippen molar-refractivity contribution in [2.45, 2.75) is 38.8 Å². The van der Waals surface area contributed by atoms with Gasteiger partial charge >= 0.3 is 0 Å². The first kappa shape index (κ1) is 28.1. The second-order valence-corrected chi connectivity index (χ2v) is 10.7. The number of hydrogen-bond acceptors (Lipinski definition) is 5. The lowest BCUT2D eigenvalue weighted by atomic mass is 10.1. The van der Waals surface area contributed by atoms with Crippen molar-refractivity contribution in [1.82, 2.24) is 9.88 Å². The lowest BCUT2D eigenvalue weighted by Gasteiger charge is -2.26. The number of thiazole rings is 1. The molecule has 1 aliphatic heterocycles. The highest BCUT2D eigenvalue weighted by molar-refractivity contribution is 7.09. The molecule has 5 nitrogen and oxygen atoms in total. The summed E-state index contributed by atoms with van der Waals surface area (Å²) in [5.74, 6) is 0.553. The van der Waals surface area contributed by atoms with Gasteiger partial charge in [-0.25, -0.2) is 4.98 Å². The molecule has 0 aliphatic carbocycles. The summed E-state index contributed by atoms with van der Waals surface area (Å²) in [6.07, 6.45) is 4.43. The Kier molecular flexibility index (Phi) is 10.2. The fourth-order valence-electron chi connectivity index (χ4n) is 4.49. The number of anilines is 1. The smallest absolute Gasteiger partial charge is 0.275 e. The summed E-state index contributed by atoms with van der Waals surface area (Å²) in [5, 5.41) is 6.23. The molecule has 0 unspecified atom stereocenters. The molecule has 1 aliphatic rings. The van der Waals surface area contributed by atoms with E-state index in [1.807, 2.05) is 60.7 Å². The summed E-state index contributed by atoms with van der Waals surface area (Å²) < 4.78 is 6.08. The number of nitrogens with zero attached hydrogens (tertiary/aromatic N) is 2. The molecule has 1 amide bonds. The van der Waals surface area contributed by atoms with Crippen LogP contribution in [0.25, 0.3) is 0 Å². The van der Waals surface area contributed by atoms with Crippen LogP contribution in [0.3, 0.4) is 0 Å². The van der Waals surface area contributed by atoms with Crippen LogP contribution >= 0.6 is 35.3 Å². The number of halogens is 2. The van der Waals surface area contributed by atoms with Crippen LogP contribution in [0.1, 0.15) is 51.4 Å². The van der Waals surface area contributed by atoms with E-state index in [0.29, 0.717) is 23.7 Å². The molecule has 0 atom stereocenters. The molecule has 0 radical (unpaired) electrons. The maximum atomic E-state index is 12.8. The molecule has 5 rings (SSSR count). The van der Waals surface area contributed by atoms with Crippen molar-refractivity contribution in [3.8, 4) is 5.75 Å². The zero-order chi connectivity index (χ0) is 25.5. The number of rotatable bonds is 9. The molecule has 1 saturated heterocycles. The van der Waals surface area contributed by atoms with Crippen molar-refractivity contribution in [3.05, 3.63) is 111 Å². The quantitative estimate of drug-likeness (QED) is 0.226. The third-order valence-electron chi connectivity index (χ3n) is 6.45. The summed E-state index contributed by atoms with van der Waals surface area (Å²) in [5.41, 5.74) is 4.48. The molecule has 4 aromatic rings. The zero-order valence-electron chi connectivity index (χ0n) is 21.1. The fourth-order valence-corrected chi connectivity index (χ4v) is 5.48. The molecule has 1 aromatic heterocycles. The van der Waals surface area contributed by atoms with E-state index in [2.05, 4.69) is 27.3 Å². The molecule has 3 aromatic carbocycles. The Balaban J connectivity index is 0.00000336. The van der Waals surface area contributed by atoms with Gasteiger partial charge in [-0.2, -0.15) is 0 Å². The topological polar surface area (TPSA) is 54.5 Å². The number of hydrogen-bond donors (Lipinski definition) is 1. The van der Waals surface area contributed by atoms with E-state index in [0.717, 1.165) is 34.1 Å². The van der Waals surface area contributed by atoms with Gasteiger partial charge in [0.05, 0.1) is 5.01 Å². The summed E-state index contributed by atoms with van der Waals surface area (Å²) in [7, 11) is 0.